The molecule has 0 aliphatic carbocycles. The summed E-state index contributed by atoms with van der Waals surface area (Å²) >= 11 is 0. The van der Waals surface area contributed by atoms with Crippen molar-refractivity contribution in [3.8, 4) is 0 Å². The maximum absolute atomic E-state index is 5.59. The molecule has 1 aromatic heterocycles. The average molecular weight is 241 g/mol. The van der Waals surface area contributed by atoms with Crippen LogP contribution in [-0.2, 0) is 22.4 Å². The van der Waals surface area contributed by atoms with Gasteiger partial charge in [0.05, 0.1) is 6.54 Å². The zero-order chi connectivity index (χ0) is 12.5. The van der Waals surface area contributed by atoms with Crippen molar-refractivity contribution in [1.29, 1.82) is 0 Å². The number of furan rings is 1. The topological polar surface area (TPSA) is 43.6 Å². The molecule has 1 N–H and O–H groups in total. The molecule has 4 heteroatoms. The van der Waals surface area contributed by atoms with Crippen LogP contribution in [0, 0.1) is 0 Å². The lowest BCUT2D eigenvalue weighted by molar-refractivity contribution is -0.133. The maximum Gasteiger partial charge on any atom is 0.169 e. The van der Waals surface area contributed by atoms with Gasteiger partial charge in [-0.25, -0.2) is 0 Å². The molecule has 0 bridgehead atoms. The molecule has 0 spiro atoms. The minimum atomic E-state index is -0.175. The second kappa shape index (κ2) is 8.28. The third-order valence-corrected chi connectivity index (χ3v) is 2.38. The van der Waals surface area contributed by atoms with Gasteiger partial charge in [-0.15, -0.1) is 0 Å². The van der Waals surface area contributed by atoms with E-state index in [0.29, 0.717) is 26.3 Å². The van der Waals surface area contributed by atoms with Crippen molar-refractivity contribution in [2.75, 3.05) is 19.8 Å². The van der Waals surface area contributed by atoms with E-state index in [1.807, 2.05) is 26.0 Å². The van der Waals surface area contributed by atoms with Crippen LogP contribution in [0.1, 0.15) is 32.3 Å². The van der Waals surface area contributed by atoms with Gasteiger partial charge >= 0.3 is 0 Å². The number of rotatable bonds is 9. The van der Waals surface area contributed by atoms with Crippen LogP contribution < -0.4 is 5.32 Å². The first kappa shape index (κ1) is 14.2. The lowest BCUT2D eigenvalue weighted by atomic mass is 10.3. The van der Waals surface area contributed by atoms with Crippen LogP contribution in [0.25, 0.3) is 0 Å². The minimum absolute atomic E-state index is 0.175. The fraction of sp³-hybridized carbons (Fsp3) is 0.692. The third kappa shape index (κ3) is 5.35. The SMILES string of the molecule is CCOC(CNCc1ccc(CC)o1)OCC. The van der Waals surface area contributed by atoms with Crippen molar-refractivity contribution in [2.24, 2.45) is 0 Å². The Morgan fingerprint density at radius 1 is 1.12 bits per heavy atom. The Morgan fingerprint density at radius 3 is 2.29 bits per heavy atom. The summed E-state index contributed by atoms with van der Waals surface area (Å²) in [5, 5.41) is 3.27. The Kier molecular flexibility index (Phi) is 6.93. The predicted molar refractivity (Wildman–Crippen MR) is 66.8 cm³/mol. The highest BCUT2D eigenvalue weighted by Crippen LogP contribution is 2.07. The summed E-state index contributed by atoms with van der Waals surface area (Å²) in [4.78, 5) is 0. The fourth-order valence-corrected chi connectivity index (χ4v) is 1.56. The zero-order valence-corrected chi connectivity index (χ0v) is 11.0. The molecule has 1 rings (SSSR count). The molecule has 1 aromatic rings. The molecule has 0 amide bonds. The second-order valence-corrected chi connectivity index (χ2v) is 3.69. The summed E-state index contributed by atoms with van der Waals surface area (Å²) in [6.07, 6.45) is 0.756. The summed E-state index contributed by atoms with van der Waals surface area (Å²) in [6, 6.07) is 4.02. The minimum Gasteiger partial charge on any atom is -0.465 e. The molecule has 0 radical (unpaired) electrons. The van der Waals surface area contributed by atoms with Crippen LogP contribution in [0.15, 0.2) is 16.5 Å². The van der Waals surface area contributed by atoms with Crippen molar-refractivity contribution in [1.82, 2.24) is 5.32 Å². The summed E-state index contributed by atoms with van der Waals surface area (Å²) in [6.45, 7) is 8.70. The van der Waals surface area contributed by atoms with Gasteiger partial charge in [-0.1, -0.05) is 6.92 Å². The van der Waals surface area contributed by atoms with Crippen molar-refractivity contribution >= 4 is 0 Å². The Morgan fingerprint density at radius 2 is 1.76 bits per heavy atom. The van der Waals surface area contributed by atoms with E-state index in [-0.39, 0.29) is 6.29 Å². The Hall–Kier alpha value is -0.840. The third-order valence-electron chi connectivity index (χ3n) is 2.38. The van der Waals surface area contributed by atoms with E-state index < -0.39 is 0 Å². The monoisotopic (exact) mass is 241 g/mol. The van der Waals surface area contributed by atoms with Gasteiger partial charge in [0.15, 0.2) is 6.29 Å². The molecule has 0 saturated carbocycles. The summed E-state index contributed by atoms with van der Waals surface area (Å²) in [5.41, 5.74) is 0. The largest absolute Gasteiger partial charge is 0.465 e. The van der Waals surface area contributed by atoms with Gasteiger partial charge in [0.1, 0.15) is 11.5 Å². The van der Waals surface area contributed by atoms with Crippen LogP contribution in [0.5, 0.6) is 0 Å². The Balaban J connectivity index is 2.24. The van der Waals surface area contributed by atoms with Crippen molar-refractivity contribution in [3.05, 3.63) is 23.7 Å². The molecular weight excluding hydrogens is 218 g/mol. The lowest BCUT2D eigenvalue weighted by Crippen LogP contribution is -2.31. The molecule has 0 aliphatic rings. The number of aryl methyl sites for hydroxylation is 1. The number of ether oxygens (including phenoxy) is 2. The molecule has 0 aliphatic heterocycles. The highest BCUT2D eigenvalue weighted by Gasteiger charge is 2.07. The van der Waals surface area contributed by atoms with Gasteiger partial charge in [0, 0.05) is 26.2 Å². The van der Waals surface area contributed by atoms with Gasteiger partial charge in [0.2, 0.25) is 0 Å². The molecule has 0 saturated heterocycles. The highest BCUT2D eigenvalue weighted by molar-refractivity contribution is 5.06. The molecule has 1 heterocycles. The maximum atomic E-state index is 5.59. The van der Waals surface area contributed by atoms with Gasteiger partial charge in [-0.05, 0) is 26.0 Å². The van der Waals surface area contributed by atoms with E-state index >= 15 is 0 Å². The van der Waals surface area contributed by atoms with Gasteiger partial charge in [-0.3, -0.25) is 0 Å². The number of hydrogen-bond donors (Lipinski definition) is 1. The highest BCUT2D eigenvalue weighted by atomic mass is 16.7. The van der Waals surface area contributed by atoms with E-state index in [2.05, 4.69) is 12.2 Å². The summed E-state index contributed by atoms with van der Waals surface area (Å²) < 4.78 is 16.5. The summed E-state index contributed by atoms with van der Waals surface area (Å²) in [7, 11) is 0. The fourth-order valence-electron chi connectivity index (χ4n) is 1.56. The predicted octanol–water partition coefficient (Wildman–Crippen LogP) is 2.33. The Labute approximate surface area is 103 Å². The van der Waals surface area contributed by atoms with Crippen molar-refractivity contribution in [3.63, 3.8) is 0 Å². The number of nitrogens with one attached hydrogen (secondary N) is 1. The van der Waals surface area contributed by atoms with E-state index in [9.17, 15) is 0 Å². The van der Waals surface area contributed by atoms with Crippen LogP contribution in [0.3, 0.4) is 0 Å². The van der Waals surface area contributed by atoms with E-state index in [1.54, 1.807) is 0 Å². The van der Waals surface area contributed by atoms with Crippen LogP contribution in [-0.4, -0.2) is 26.0 Å². The first-order valence-electron chi connectivity index (χ1n) is 6.31. The average Bonchev–Trinajstić information content (AvgIpc) is 2.77. The quantitative estimate of drug-likeness (QED) is 0.674. The molecule has 98 valence electrons. The molecule has 0 unspecified atom stereocenters. The van der Waals surface area contributed by atoms with E-state index in [4.69, 9.17) is 13.9 Å². The molecular formula is C13H23NO3. The van der Waals surface area contributed by atoms with Crippen LogP contribution in [0.4, 0.5) is 0 Å². The molecule has 17 heavy (non-hydrogen) atoms. The van der Waals surface area contributed by atoms with Crippen LogP contribution >= 0.6 is 0 Å². The Bertz CT molecular complexity index is 293. The van der Waals surface area contributed by atoms with E-state index in [1.165, 1.54) is 0 Å². The first-order valence-corrected chi connectivity index (χ1v) is 6.31. The molecule has 0 aromatic carbocycles. The standard InChI is InChI=1S/C13H23NO3/c1-4-11-7-8-12(17-11)9-14-10-13(15-5-2)16-6-3/h7-8,13-14H,4-6,9-10H2,1-3H3. The molecule has 0 atom stereocenters. The van der Waals surface area contributed by atoms with E-state index in [0.717, 1.165) is 17.9 Å². The van der Waals surface area contributed by atoms with Crippen molar-refractivity contribution < 1.29 is 13.9 Å². The first-order chi connectivity index (χ1) is 8.30. The van der Waals surface area contributed by atoms with Crippen molar-refractivity contribution in [2.45, 2.75) is 40.0 Å². The van der Waals surface area contributed by atoms with Gasteiger partial charge in [-0.2, -0.15) is 0 Å². The molecule has 4 nitrogen and oxygen atoms in total. The van der Waals surface area contributed by atoms with Gasteiger partial charge in [0.25, 0.3) is 0 Å². The second-order valence-electron chi connectivity index (χ2n) is 3.69. The number of hydrogen-bond acceptors (Lipinski definition) is 4. The lowest BCUT2D eigenvalue weighted by Gasteiger charge is -2.16. The van der Waals surface area contributed by atoms with Gasteiger partial charge < -0.3 is 19.2 Å². The van der Waals surface area contributed by atoms with Crippen LogP contribution in [0.2, 0.25) is 0 Å². The normalized spacial score (nSPS) is 11.3. The molecule has 0 fully saturated rings. The zero-order valence-electron chi connectivity index (χ0n) is 11.0. The summed E-state index contributed by atoms with van der Waals surface area (Å²) in [5.74, 6) is 1.97. The smallest absolute Gasteiger partial charge is 0.169 e.